The van der Waals surface area contributed by atoms with Gasteiger partial charge in [0.15, 0.2) is 0 Å². The minimum Gasteiger partial charge on any atom is -0.388 e. The zero-order valence-electron chi connectivity index (χ0n) is 8.55. The highest BCUT2D eigenvalue weighted by molar-refractivity contribution is 4.90. The summed E-state index contributed by atoms with van der Waals surface area (Å²) in [5.41, 5.74) is -0.683. The van der Waals surface area contributed by atoms with Crippen molar-refractivity contribution in [1.82, 2.24) is 0 Å². The van der Waals surface area contributed by atoms with Gasteiger partial charge >= 0.3 is 0 Å². The largest absolute Gasteiger partial charge is 0.388 e. The van der Waals surface area contributed by atoms with Crippen LogP contribution in [-0.4, -0.2) is 22.4 Å². The molecule has 1 aliphatic rings. The van der Waals surface area contributed by atoms with Gasteiger partial charge in [-0.05, 0) is 40.0 Å². The lowest BCUT2D eigenvalue weighted by Gasteiger charge is -2.29. The minimum atomic E-state index is -0.688. The Bertz CT molecular complexity index is 160. The lowest BCUT2D eigenvalue weighted by atomic mass is 9.96. The molecule has 0 aromatic carbocycles. The van der Waals surface area contributed by atoms with Crippen LogP contribution < -0.4 is 0 Å². The first-order valence-corrected chi connectivity index (χ1v) is 4.77. The third-order valence-electron chi connectivity index (χ3n) is 2.90. The maximum Gasteiger partial charge on any atom is 0.0864 e. The summed E-state index contributed by atoms with van der Waals surface area (Å²) < 4.78 is 5.81. The van der Waals surface area contributed by atoms with Gasteiger partial charge in [0.05, 0.1) is 17.3 Å². The van der Waals surface area contributed by atoms with Crippen LogP contribution in [0.5, 0.6) is 0 Å². The Morgan fingerprint density at radius 1 is 1.58 bits per heavy atom. The standard InChI is InChI=1S/C10H20O2/c1-5-10(4)7-6-8(12-10)9(2,3)11/h8,11H,5-7H2,1-4H3. The first kappa shape index (κ1) is 10.0. The molecular weight excluding hydrogens is 152 g/mol. The van der Waals surface area contributed by atoms with Crippen molar-refractivity contribution in [2.24, 2.45) is 0 Å². The van der Waals surface area contributed by atoms with Crippen LogP contribution in [0.25, 0.3) is 0 Å². The van der Waals surface area contributed by atoms with Gasteiger partial charge in [-0.2, -0.15) is 0 Å². The number of ether oxygens (including phenoxy) is 1. The summed E-state index contributed by atoms with van der Waals surface area (Å²) in [6, 6.07) is 0. The van der Waals surface area contributed by atoms with Gasteiger partial charge in [0.25, 0.3) is 0 Å². The Morgan fingerprint density at radius 3 is 2.42 bits per heavy atom. The molecule has 0 spiro atoms. The van der Waals surface area contributed by atoms with Gasteiger partial charge in [0.2, 0.25) is 0 Å². The van der Waals surface area contributed by atoms with Crippen molar-refractivity contribution in [3.05, 3.63) is 0 Å². The summed E-state index contributed by atoms with van der Waals surface area (Å²) in [5.74, 6) is 0. The Morgan fingerprint density at radius 2 is 2.17 bits per heavy atom. The Kier molecular flexibility index (Phi) is 2.50. The van der Waals surface area contributed by atoms with Crippen LogP contribution in [0.1, 0.15) is 47.0 Å². The van der Waals surface area contributed by atoms with E-state index in [1.807, 2.05) is 13.8 Å². The number of hydrogen-bond donors (Lipinski definition) is 1. The van der Waals surface area contributed by atoms with Crippen molar-refractivity contribution in [1.29, 1.82) is 0 Å². The highest BCUT2D eigenvalue weighted by Crippen LogP contribution is 2.36. The minimum absolute atomic E-state index is 0.00463. The molecule has 0 aromatic heterocycles. The van der Waals surface area contributed by atoms with Crippen molar-refractivity contribution in [3.8, 4) is 0 Å². The molecule has 72 valence electrons. The van der Waals surface area contributed by atoms with Crippen molar-refractivity contribution >= 4 is 0 Å². The molecule has 0 aromatic rings. The molecule has 0 amide bonds. The lowest BCUT2D eigenvalue weighted by molar-refractivity contribution is -0.116. The molecule has 1 heterocycles. The topological polar surface area (TPSA) is 29.5 Å². The average molecular weight is 172 g/mol. The molecule has 2 atom stereocenters. The first-order valence-electron chi connectivity index (χ1n) is 4.77. The summed E-state index contributed by atoms with van der Waals surface area (Å²) >= 11 is 0. The van der Waals surface area contributed by atoms with Gasteiger partial charge in [-0.3, -0.25) is 0 Å². The predicted molar refractivity (Wildman–Crippen MR) is 49.1 cm³/mol. The summed E-state index contributed by atoms with van der Waals surface area (Å²) in [4.78, 5) is 0. The van der Waals surface area contributed by atoms with E-state index in [9.17, 15) is 5.11 Å². The second-order valence-corrected chi connectivity index (χ2v) is 4.60. The predicted octanol–water partition coefficient (Wildman–Crippen LogP) is 2.11. The van der Waals surface area contributed by atoms with Crippen molar-refractivity contribution < 1.29 is 9.84 Å². The molecule has 2 nitrogen and oxygen atoms in total. The van der Waals surface area contributed by atoms with Gasteiger partial charge in [-0.15, -0.1) is 0 Å². The maximum absolute atomic E-state index is 9.72. The Labute approximate surface area is 74.9 Å². The second kappa shape index (κ2) is 3.00. The van der Waals surface area contributed by atoms with Gasteiger partial charge < -0.3 is 9.84 Å². The maximum atomic E-state index is 9.72. The van der Waals surface area contributed by atoms with Crippen LogP contribution in [0.15, 0.2) is 0 Å². The lowest BCUT2D eigenvalue weighted by Crippen LogP contribution is -2.37. The van der Waals surface area contributed by atoms with E-state index in [1.54, 1.807) is 0 Å². The number of rotatable bonds is 2. The molecule has 12 heavy (non-hydrogen) atoms. The average Bonchev–Trinajstić information content (AvgIpc) is 2.32. The van der Waals surface area contributed by atoms with E-state index in [2.05, 4.69) is 13.8 Å². The fourth-order valence-corrected chi connectivity index (χ4v) is 1.66. The summed E-state index contributed by atoms with van der Waals surface area (Å²) in [6.07, 6.45) is 3.09. The zero-order valence-corrected chi connectivity index (χ0v) is 8.55. The molecule has 0 aliphatic carbocycles. The summed E-state index contributed by atoms with van der Waals surface area (Å²) in [7, 11) is 0. The van der Waals surface area contributed by atoms with Crippen LogP contribution in [0, 0.1) is 0 Å². The third kappa shape index (κ3) is 1.99. The molecule has 0 radical (unpaired) electrons. The summed E-state index contributed by atoms with van der Waals surface area (Å²) in [5, 5.41) is 9.72. The Hall–Kier alpha value is -0.0800. The third-order valence-corrected chi connectivity index (χ3v) is 2.90. The van der Waals surface area contributed by atoms with Crippen molar-refractivity contribution in [3.63, 3.8) is 0 Å². The second-order valence-electron chi connectivity index (χ2n) is 4.60. The smallest absolute Gasteiger partial charge is 0.0864 e. The molecule has 1 fully saturated rings. The van der Waals surface area contributed by atoms with Crippen LogP contribution in [0.4, 0.5) is 0 Å². The number of aliphatic hydroxyl groups is 1. The van der Waals surface area contributed by atoms with Gasteiger partial charge in [-0.25, -0.2) is 0 Å². The van der Waals surface area contributed by atoms with E-state index in [0.29, 0.717) is 0 Å². The van der Waals surface area contributed by atoms with E-state index < -0.39 is 5.60 Å². The first-order chi connectivity index (χ1) is 5.37. The van der Waals surface area contributed by atoms with Gasteiger partial charge in [0.1, 0.15) is 0 Å². The van der Waals surface area contributed by atoms with Crippen LogP contribution >= 0.6 is 0 Å². The molecule has 1 rings (SSSR count). The van der Waals surface area contributed by atoms with Crippen LogP contribution in [-0.2, 0) is 4.74 Å². The van der Waals surface area contributed by atoms with Gasteiger partial charge in [-0.1, -0.05) is 6.92 Å². The molecule has 0 bridgehead atoms. The van der Waals surface area contributed by atoms with Crippen LogP contribution in [0.2, 0.25) is 0 Å². The van der Waals surface area contributed by atoms with E-state index in [0.717, 1.165) is 19.3 Å². The molecule has 2 heteroatoms. The fraction of sp³-hybridized carbons (Fsp3) is 1.00. The molecule has 0 saturated carbocycles. The monoisotopic (exact) mass is 172 g/mol. The van der Waals surface area contributed by atoms with E-state index >= 15 is 0 Å². The molecule has 1 aliphatic heterocycles. The van der Waals surface area contributed by atoms with Crippen molar-refractivity contribution in [2.45, 2.75) is 64.3 Å². The molecule has 1 N–H and O–H groups in total. The Balaban J connectivity index is 2.57. The quantitative estimate of drug-likeness (QED) is 0.691. The molecule has 1 saturated heterocycles. The molecular formula is C10H20O2. The van der Waals surface area contributed by atoms with Crippen LogP contribution in [0.3, 0.4) is 0 Å². The van der Waals surface area contributed by atoms with Gasteiger partial charge in [0, 0.05) is 0 Å². The van der Waals surface area contributed by atoms with E-state index in [1.165, 1.54) is 0 Å². The SMILES string of the molecule is CCC1(C)CCC(C(C)(C)O)O1. The van der Waals surface area contributed by atoms with E-state index in [-0.39, 0.29) is 11.7 Å². The van der Waals surface area contributed by atoms with Crippen molar-refractivity contribution in [2.75, 3.05) is 0 Å². The highest BCUT2D eigenvalue weighted by Gasteiger charge is 2.40. The number of hydrogen-bond acceptors (Lipinski definition) is 2. The molecule has 2 unspecified atom stereocenters. The fourth-order valence-electron chi connectivity index (χ4n) is 1.66. The summed E-state index contributed by atoms with van der Waals surface area (Å²) in [6.45, 7) is 7.89. The zero-order chi connectivity index (χ0) is 9.41. The highest BCUT2D eigenvalue weighted by atomic mass is 16.5. The van der Waals surface area contributed by atoms with E-state index in [4.69, 9.17) is 4.74 Å². The normalized spacial score (nSPS) is 37.2.